The Labute approximate surface area is 166 Å². The third kappa shape index (κ3) is 5.35. The number of aryl methyl sites for hydroxylation is 1. The summed E-state index contributed by atoms with van der Waals surface area (Å²) in [5.41, 5.74) is 2.45. The first-order valence-corrected chi connectivity index (χ1v) is 8.47. The first-order chi connectivity index (χ1) is 11.8. The first kappa shape index (κ1) is 19.6. The number of benzene rings is 1. The molecule has 1 aliphatic heterocycles. The molecule has 2 N–H and O–H groups in total. The maximum absolute atomic E-state index is 4.31. The molecule has 1 fully saturated rings. The Morgan fingerprint density at radius 1 is 1.24 bits per heavy atom. The van der Waals surface area contributed by atoms with Crippen molar-refractivity contribution < 1.29 is 0 Å². The van der Waals surface area contributed by atoms with Gasteiger partial charge in [0.25, 0.3) is 0 Å². The number of nitrogens with zero attached hydrogens (tertiary/aromatic N) is 4. The van der Waals surface area contributed by atoms with Crippen LogP contribution in [0.2, 0.25) is 0 Å². The molecule has 1 aromatic heterocycles. The predicted molar refractivity (Wildman–Crippen MR) is 114 cm³/mol. The van der Waals surface area contributed by atoms with Crippen LogP contribution in [0.25, 0.3) is 0 Å². The van der Waals surface area contributed by atoms with Crippen molar-refractivity contribution in [2.75, 3.05) is 31.6 Å². The largest absolute Gasteiger partial charge is 0.371 e. The molecule has 1 unspecified atom stereocenters. The van der Waals surface area contributed by atoms with Crippen molar-refractivity contribution in [1.29, 1.82) is 0 Å². The molecule has 0 radical (unpaired) electrons. The molecule has 0 amide bonds. The maximum Gasteiger partial charge on any atom is 0.191 e. The minimum absolute atomic E-state index is 0. The molecule has 2 heterocycles. The molecule has 0 spiro atoms. The average molecular weight is 454 g/mol. The minimum atomic E-state index is 0. The number of rotatable bonds is 5. The summed E-state index contributed by atoms with van der Waals surface area (Å²) in [4.78, 5) is 6.76. The zero-order chi connectivity index (χ0) is 16.8. The number of hydrogen-bond donors (Lipinski definition) is 2. The van der Waals surface area contributed by atoms with Crippen LogP contribution >= 0.6 is 24.0 Å². The summed E-state index contributed by atoms with van der Waals surface area (Å²) < 4.78 is 1.87. The van der Waals surface area contributed by atoms with E-state index in [9.17, 15) is 0 Å². The number of hydrogen-bond acceptors (Lipinski definition) is 3. The summed E-state index contributed by atoms with van der Waals surface area (Å²) in [6.07, 6.45) is 3.02. The Bertz CT molecular complexity index is 669. The molecule has 25 heavy (non-hydrogen) atoms. The van der Waals surface area contributed by atoms with Crippen LogP contribution in [0.1, 0.15) is 12.1 Å². The van der Waals surface area contributed by atoms with Gasteiger partial charge in [-0.05, 0) is 30.5 Å². The Hall–Kier alpha value is -1.77. The molecule has 1 saturated heterocycles. The normalized spacial score (nSPS) is 17.3. The fourth-order valence-electron chi connectivity index (χ4n) is 3.08. The second kappa shape index (κ2) is 9.65. The highest BCUT2D eigenvalue weighted by molar-refractivity contribution is 14.0. The van der Waals surface area contributed by atoms with Crippen LogP contribution in [0.15, 0.2) is 47.6 Å². The highest BCUT2D eigenvalue weighted by Crippen LogP contribution is 2.22. The van der Waals surface area contributed by atoms with Crippen molar-refractivity contribution in [2.24, 2.45) is 18.0 Å². The van der Waals surface area contributed by atoms with E-state index in [1.807, 2.05) is 31.0 Å². The zero-order valence-corrected chi connectivity index (χ0v) is 17.2. The molecule has 1 aromatic carbocycles. The molecule has 0 aliphatic carbocycles. The summed E-state index contributed by atoms with van der Waals surface area (Å²) in [7, 11) is 3.76. The van der Waals surface area contributed by atoms with Crippen molar-refractivity contribution in [2.45, 2.75) is 13.0 Å². The first-order valence-electron chi connectivity index (χ1n) is 8.47. The van der Waals surface area contributed by atoms with Crippen LogP contribution in [0.3, 0.4) is 0 Å². The van der Waals surface area contributed by atoms with Gasteiger partial charge >= 0.3 is 0 Å². The molecule has 7 heteroatoms. The summed E-state index contributed by atoms with van der Waals surface area (Å²) >= 11 is 0. The minimum Gasteiger partial charge on any atom is -0.371 e. The van der Waals surface area contributed by atoms with Gasteiger partial charge in [0.2, 0.25) is 0 Å². The summed E-state index contributed by atoms with van der Waals surface area (Å²) in [6, 6.07) is 12.6. The van der Waals surface area contributed by atoms with Gasteiger partial charge < -0.3 is 15.5 Å². The summed E-state index contributed by atoms with van der Waals surface area (Å²) in [6.45, 7) is 3.87. The third-order valence-electron chi connectivity index (χ3n) is 4.55. The molecule has 136 valence electrons. The van der Waals surface area contributed by atoms with E-state index in [0.717, 1.165) is 37.8 Å². The molecular weight excluding hydrogens is 427 g/mol. The maximum atomic E-state index is 4.31. The Kier molecular flexibility index (Phi) is 7.54. The van der Waals surface area contributed by atoms with E-state index in [4.69, 9.17) is 0 Å². The van der Waals surface area contributed by atoms with Crippen molar-refractivity contribution in [1.82, 2.24) is 20.4 Å². The van der Waals surface area contributed by atoms with E-state index in [-0.39, 0.29) is 24.0 Å². The van der Waals surface area contributed by atoms with Gasteiger partial charge in [0, 0.05) is 45.6 Å². The molecule has 0 saturated carbocycles. The molecule has 2 aromatic rings. The van der Waals surface area contributed by atoms with Crippen LogP contribution in [0, 0.1) is 5.92 Å². The molecule has 0 bridgehead atoms. The topological polar surface area (TPSA) is 57.5 Å². The number of aliphatic imine (C=N–C) groups is 1. The Morgan fingerprint density at radius 2 is 2.04 bits per heavy atom. The van der Waals surface area contributed by atoms with Crippen LogP contribution < -0.4 is 15.5 Å². The van der Waals surface area contributed by atoms with E-state index < -0.39 is 0 Å². The second-order valence-electron chi connectivity index (χ2n) is 6.19. The summed E-state index contributed by atoms with van der Waals surface area (Å²) in [5, 5.41) is 11.0. The number of nitrogens with one attached hydrogen (secondary N) is 2. The zero-order valence-electron chi connectivity index (χ0n) is 14.9. The van der Waals surface area contributed by atoms with Crippen molar-refractivity contribution in [3.8, 4) is 0 Å². The average Bonchev–Trinajstić information content (AvgIpc) is 3.25. The Balaban J connectivity index is 0.00000225. The number of guanidine groups is 1. The van der Waals surface area contributed by atoms with E-state index in [0.29, 0.717) is 5.92 Å². The van der Waals surface area contributed by atoms with Gasteiger partial charge in [-0.15, -0.1) is 24.0 Å². The molecule has 6 nitrogen and oxygen atoms in total. The fourth-order valence-corrected chi connectivity index (χ4v) is 3.08. The standard InChI is InChI=1S/C18H26N6.HI/c1-19-18(21-13-17-8-10-22-23(17)2)20-12-15-9-11-24(14-15)16-6-4-3-5-7-16;/h3-8,10,15H,9,11-14H2,1-2H3,(H2,19,20,21);1H. The lowest BCUT2D eigenvalue weighted by Gasteiger charge is -2.19. The van der Waals surface area contributed by atoms with E-state index >= 15 is 0 Å². The Morgan fingerprint density at radius 3 is 2.72 bits per heavy atom. The second-order valence-corrected chi connectivity index (χ2v) is 6.19. The lowest BCUT2D eigenvalue weighted by atomic mass is 10.1. The third-order valence-corrected chi connectivity index (χ3v) is 4.55. The smallest absolute Gasteiger partial charge is 0.191 e. The molecule has 3 rings (SSSR count). The number of halogens is 1. The van der Waals surface area contributed by atoms with Gasteiger partial charge in [0.05, 0.1) is 12.2 Å². The van der Waals surface area contributed by atoms with Gasteiger partial charge in [-0.3, -0.25) is 9.67 Å². The molecule has 1 aliphatic rings. The molecular formula is C18H27IN6. The fraction of sp³-hybridized carbons (Fsp3) is 0.444. The van der Waals surface area contributed by atoms with Gasteiger partial charge in [-0.1, -0.05) is 18.2 Å². The number of anilines is 1. The quantitative estimate of drug-likeness (QED) is 0.414. The molecule has 1 atom stereocenters. The van der Waals surface area contributed by atoms with E-state index in [1.165, 1.54) is 12.1 Å². The van der Waals surface area contributed by atoms with E-state index in [2.05, 4.69) is 56.0 Å². The monoisotopic (exact) mass is 454 g/mol. The van der Waals surface area contributed by atoms with Gasteiger partial charge in [0.15, 0.2) is 5.96 Å². The summed E-state index contributed by atoms with van der Waals surface area (Å²) in [5.74, 6) is 1.48. The SMILES string of the molecule is CN=C(NCc1ccnn1C)NCC1CCN(c2ccccc2)C1.I. The van der Waals surface area contributed by atoms with Crippen LogP contribution in [-0.2, 0) is 13.6 Å². The van der Waals surface area contributed by atoms with Crippen molar-refractivity contribution >= 4 is 35.6 Å². The predicted octanol–water partition coefficient (Wildman–Crippen LogP) is 2.23. The van der Waals surface area contributed by atoms with Gasteiger partial charge in [-0.25, -0.2) is 0 Å². The van der Waals surface area contributed by atoms with Gasteiger partial charge in [-0.2, -0.15) is 5.10 Å². The lowest BCUT2D eigenvalue weighted by Crippen LogP contribution is -2.40. The number of aromatic nitrogens is 2. The van der Waals surface area contributed by atoms with Crippen molar-refractivity contribution in [3.05, 3.63) is 48.3 Å². The highest BCUT2D eigenvalue weighted by Gasteiger charge is 2.22. The number of para-hydroxylation sites is 1. The lowest BCUT2D eigenvalue weighted by molar-refractivity contribution is 0.564. The van der Waals surface area contributed by atoms with Crippen LogP contribution in [0.5, 0.6) is 0 Å². The van der Waals surface area contributed by atoms with Crippen LogP contribution in [0.4, 0.5) is 5.69 Å². The van der Waals surface area contributed by atoms with E-state index in [1.54, 1.807) is 0 Å². The van der Waals surface area contributed by atoms with Crippen molar-refractivity contribution in [3.63, 3.8) is 0 Å². The van der Waals surface area contributed by atoms with Gasteiger partial charge in [0.1, 0.15) is 0 Å². The highest BCUT2D eigenvalue weighted by atomic mass is 127. The van der Waals surface area contributed by atoms with Crippen LogP contribution in [-0.4, -0.2) is 42.4 Å².